The Morgan fingerprint density at radius 2 is 2.21 bits per heavy atom. The first-order valence-electron chi connectivity index (χ1n) is 4.82. The summed E-state index contributed by atoms with van der Waals surface area (Å²) in [5, 5.41) is 8.52. The standard InChI is InChI=1S/C11H17NO2/c1-9(2)10-4-3-5-11(8-10)12-14-7-6-13/h3-5,8-9,12-13H,6-7H2,1-2H3. The van der Waals surface area contributed by atoms with Gasteiger partial charge in [-0.2, -0.15) is 0 Å². The lowest BCUT2D eigenvalue weighted by atomic mass is 10.0. The fourth-order valence-electron chi connectivity index (χ4n) is 1.14. The van der Waals surface area contributed by atoms with E-state index in [-0.39, 0.29) is 6.61 Å². The van der Waals surface area contributed by atoms with Gasteiger partial charge in [0.05, 0.1) is 18.9 Å². The van der Waals surface area contributed by atoms with Gasteiger partial charge in [0.25, 0.3) is 0 Å². The zero-order chi connectivity index (χ0) is 10.4. The van der Waals surface area contributed by atoms with E-state index in [1.807, 2.05) is 18.2 Å². The summed E-state index contributed by atoms with van der Waals surface area (Å²) in [5.41, 5.74) is 4.97. The maximum Gasteiger partial charge on any atom is 0.0976 e. The number of hydrogen-bond donors (Lipinski definition) is 2. The lowest BCUT2D eigenvalue weighted by molar-refractivity contribution is 0.133. The molecule has 0 heterocycles. The molecule has 2 N–H and O–H groups in total. The summed E-state index contributed by atoms with van der Waals surface area (Å²) in [6.45, 7) is 4.62. The molecule has 0 aromatic heterocycles. The topological polar surface area (TPSA) is 41.5 Å². The van der Waals surface area contributed by atoms with Gasteiger partial charge in [-0.3, -0.25) is 10.3 Å². The van der Waals surface area contributed by atoms with Crippen LogP contribution >= 0.6 is 0 Å². The minimum Gasteiger partial charge on any atom is -0.394 e. The van der Waals surface area contributed by atoms with Crippen LogP contribution in [0.1, 0.15) is 25.3 Å². The first-order chi connectivity index (χ1) is 6.74. The Hall–Kier alpha value is -1.06. The average Bonchev–Trinajstić information content (AvgIpc) is 2.19. The number of benzene rings is 1. The molecule has 1 aromatic carbocycles. The third-order valence-corrected chi connectivity index (χ3v) is 1.94. The molecule has 0 spiro atoms. The van der Waals surface area contributed by atoms with Crippen LogP contribution in [-0.4, -0.2) is 18.3 Å². The van der Waals surface area contributed by atoms with E-state index in [1.165, 1.54) is 5.56 Å². The van der Waals surface area contributed by atoms with Gasteiger partial charge in [-0.1, -0.05) is 26.0 Å². The van der Waals surface area contributed by atoms with E-state index in [0.29, 0.717) is 12.5 Å². The van der Waals surface area contributed by atoms with Crippen molar-refractivity contribution in [1.82, 2.24) is 0 Å². The second-order valence-corrected chi connectivity index (χ2v) is 3.45. The van der Waals surface area contributed by atoms with Gasteiger partial charge in [0.1, 0.15) is 0 Å². The summed E-state index contributed by atoms with van der Waals surface area (Å²) < 4.78 is 0. The molecule has 0 aliphatic rings. The number of rotatable bonds is 5. The third-order valence-electron chi connectivity index (χ3n) is 1.94. The van der Waals surface area contributed by atoms with Crippen LogP contribution in [0.3, 0.4) is 0 Å². The largest absolute Gasteiger partial charge is 0.394 e. The van der Waals surface area contributed by atoms with Gasteiger partial charge >= 0.3 is 0 Å². The molecule has 0 saturated heterocycles. The van der Waals surface area contributed by atoms with Crippen molar-refractivity contribution in [2.24, 2.45) is 0 Å². The van der Waals surface area contributed by atoms with Crippen molar-refractivity contribution in [2.45, 2.75) is 19.8 Å². The van der Waals surface area contributed by atoms with Crippen LogP contribution in [-0.2, 0) is 4.84 Å². The van der Waals surface area contributed by atoms with Crippen molar-refractivity contribution in [3.63, 3.8) is 0 Å². The van der Waals surface area contributed by atoms with E-state index in [1.54, 1.807) is 0 Å². The molecular formula is C11H17NO2. The van der Waals surface area contributed by atoms with Crippen molar-refractivity contribution >= 4 is 5.69 Å². The fraction of sp³-hybridized carbons (Fsp3) is 0.455. The molecule has 78 valence electrons. The summed E-state index contributed by atoms with van der Waals surface area (Å²) in [6, 6.07) is 8.05. The molecule has 3 nitrogen and oxygen atoms in total. The normalized spacial score (nSPS) is 10.6. The monoisotopic (exact) mass is 195 g/mol. The van der Waals surface area contributed by atoms with Gasteiger partial charge in [0, 0.05) is 0 Å². The van der Waals surface area contributed by atoms with Crippen molar-refractivity contribution < 1.29 is 9.94 Å². The highest BCUT2D eigenvalue weighted by atomic mass is 16.6. The highest BCUT2D eigenvalue weighted by Gasteiger charge is 1.99. The van der Waals surface area contributed by atoms with Crippen LogP contribution in [0.4, 0.5) is 5.69 Å². The predicted octanol–water partition coefficient (Wildman–Crippen LogP) is 2.15. The molecule has 0 atom stereocenters. The molecule has 0 fully saturated rings. The SMILES string of the molecule is CC(C)c1cccc(NOCCO)c1. The summed E-state index contributed by atoms with van der Waals surface area (Å²) >= 11 is 0. The number of aliphatic hydroxyl groups is 1. The molecule has 0 amide bonds. The van der Waals surface area contributed by atoms with Crippen LogP contribution in [0, 0.1) is 0 Å². The van der Waals surface area contributed by atoms with Gasteiger partial charge < -0.3 is 5.11 Å². The van der Waals surface area contributed by atoms with Crippen LogP contribution in [0.15, 0.2) is 24.3 Å². The van der Waals surface area contributed by atoms with Crippen molar-refractivity contribution in [1.29, 1.82) is 0 Å². The zero-order valence-electron chi connectivity index (χ0n) is 8.66. The molecule has 14 heavy (non-hydrogen) atoms. The Balaban J connectivity index is 2.55. The Labute approximate surface area is 84.7 Å². The molecule has 0 aliphatic heterocycles. The van der Waals surface area contributed by atoms with Gasteiger partial charge in [0.2, 0.25) is 0 Å². The van der Waals surface area contributed by atoms with E-state index in [0.717, 1.165) is 5.69 Å². The number of nitrogens with one attached hydrogen (secondary N) is 1. The van der Waals surface area contributed by atoms with Crippen molar-refractivity contribution in [3.05, 3.63) is 29.8 Å². The Morgan fingerprint density at radius 1 is 1.43 bits per heavy atom. The van der Waals surface area contributed by atoms with Gasteiger partial charge in [-0.15, -0.1) is 0 Å². The molecule has 1 aromatic rings. The zero-order valence-corrected chi connectivity index (χ0v) is 8.66. The maximum absolute atomic E-state index is 8.52. The van der Waals surface area contributed by atoms with Crippen LogP contribution in [0.5, 0.6) is 0 Å². The van der Waals surface area contributed by atoms with E-state index >= 15 is 0 Å². The maximum atomic E-state index is 8.52. The molecular weight excluding hydrogens is 178 g/mol. The van der Waals surface area contributed by atoms with E-state index < -0.39 is 0 Å². The minimum atomic E-state index is 0.0247. The molecule has 3 heteroatoms. The Morgan fingerprint density at radius 3 is 2.86 bits per heavy atom. The third kappa shape index (κ3) is 3.36. The quantitative estimate of drug-likeness (QED) is 0.558. The second kappa shape index (κ2) is 5.62. The highest BCUT2D eigenvalue weighted by molar-refractivity contribution is 5.44. The van der Waals surface area contributed by atoms with Crippen LogP contribution in [0.2, 0.25) is 0 Å². The van der Waals surface area contributed by atoms with Crippen molar-refractivity contribution in [3.8, 4) is 0 Å². The van der Waals surface area contributed by atoms with E-state index in [2.05, 4.69) is 25.4 Å². The fourth-order valence-corrected chi connectivity index (χ4v) is 1.14. The molecule has 0 unspecified atom stereocenters. The minimum absolute atomic E-state index is 0.0247. The Bertz CT molecular complexity index is 274. The van der Waals surface area contributed by atoms with Crippen LogP contribution < -0.4 is 5.48 Å². The summed E-state index contributed by atoms with van der Waals surface area (Å²) in [7, 11) is 0. The number of hydrogen-bond acceptors (Lipinski definition) is 3. The lowest BCUT2D eigenvalue weighted by Crippen LogP contribution is -2.06. The molecule has 0 bridgehead atoms. The van der Waals surface area contributed by atoms with E-state index in [4.69, 9.17) is 9.94 Å². The second-order valence-electron chi connectivity index (χ2n) is 3.45. The lowest BCUT2D eigenvalue weighted by Gasteiger charge is -2.09. The number of anilines is 1. The smallest absolute Gasteiger partial charge is 0.0976 e. The number of aliphatic hydroxyl groups excluding tert-OH is 1. The summed E-state index contributed by atoms with van der Waals surface area (Å²) in [4.78, 5) is 5.00. The first kappa shape index (κ1) is 11.0. The first-order valence-corrected chi connectivity index (χ1v) is 4.82. The molecule has 0 saturated carbocycles. The van der Waals surface area contributed by atoms with Gasteiger partial charge in [0.15, 0.2) is 0 Å². The van der Waals surface area contributed by atoms with Crippen LogP contribution in [0.25, 0.3) is 0 Å². The predicted molar refractivity (Wildman–Crippen MR) is 57.2 cm³/mol. The van der Waals surface area contributed by atoms with E-state index in [9.17, 15) is 0 Å². The highest BCUT2D eigenvalue weighted by Crippen LogP contribution is 2.18. The molecule has 1 rings (SSSR count). The summed E-state index contributed by atoms with van der Waals surface area (Å²) in [6.07, 6.45) is 0. The van der Waals surface area contributed by atoms with Gasteiger partial charge in [-0.05, 0) is 23.6 Å². The average molecular weight is 195 g/mol. The molecule has 0 radical (unpaired) electrons. The van der Waals surface area contributed by atoms with Gasteiger partial charge in [-0.25, -0.2) is 0 Å². The van der Waals surface area contributed by atoms with Crippen molar-refractivity contribution in [2.75, 3.05) is 18.7 Å². The molecule has 0 aliphatic carbocycles. The Kier molecular flexibility index (Phi) is 4.43. The summed E-state index contributed by atoms with van der Waals surface area (Å²) in [5.74, 6) is 0.509.